The summed E-state index contributed by atoms with van der Waals surface area (Å²) in [6.07, 6.45) is 0.558. The van der Waals surface area contributed by atoms with E-state index in [-0.39, 0.29) is 17.3 Å². The third-order valence-corrected chi connectivity index (χ3v) is 5.48. The molecule has 2 saturated heterocycles. The minimum atomic E-state index is -2.60. The number of aromatic nitrogens is 5. The van der Waals surface area contributed by atoms with E-state index < -0.39 is 6.43 Å². The maximum atomic E-state index is 13.5. The van der Waals surface area contributed by atoms with E-state index in [4.69, 9.17) is 4.74 Å². The number of alkyl halides is 2. The van der Waals surface area contributed by atoms with Gasteiger partial charge in [0.1, 0.15) is 18.0 Å². The van der Waals surface area contributed by atoms with E-state index in [1.807, 2.05) is 11.0 Å². The van der Waals surface area contributed by atoms with Crippen LogP contribution in [0.4, 0.5) is 26.4 Å². The van der Waals surface area contributed by atoms with Gasteiger partial charge in [0.15, 0.2) is 5.82 Å². The molecular weight excluding hydrogens is 406 g/mol. The Kier molecular flexibility index (Phi) is 5.43. The van der Waals surface area contributed by atoms with Crippen molar-refractivity contribution in [2.45, 2.75) is 12.5 Å². The van der Waals surface area contributed by atoms with Gasteiger partial charge in [0.25, 0.3) is 6.43 Å². The smallest absolute Gasteiger partial charge is 0.264 e. The molecule has 0 unspecified atom stereocenters. The molecule has 3 aromatic heterocycles. The highest BCUT2D eigenvalue weighted by molar-refractivity contribution is 5.55. The predicted molar refractivity (Wildman–Crippen MR) is 110 cm³/mol. The lowest BCUT2D eigenvalue weighted by molar-refractivity contribution is -0.0661. The van der Waals surface area contributed by atoms with Crippen molar-refractivity contribution < 1.29 is 13.5 Å². The highest BCUT2D eigenvalue weighted by atomic mass is 19.3. The molecule has 2 aliphatic heterocycles. The van der Waals surface area contributed by atoms with Gasteiger partial charge in [-0.05, 0) is 24.3 Å². The summed E-state index contributed by atoms with van der Waals surface area (Å²) in [5.74, 6) is 1.66. The van der Waals surface area contributed by atoms with Crippen LogP contribution >= 0.6 is 0 Å². The third-order valence-electron chi connectivity index (χ3n) is 5.48. The molecule has 2 fully saturated rings. The number of nitrogens with one attached hydrogen (secondary N) is 1. The quantitative estimate of drug-likeness (QED) is 0.640. The van der Waals surface area contributed by atoms with E-state index in [2.05, 4.69) is 30.3 Å². The van der Waals surface area contributed by atoms with Gasteiger partial charge in [0.05, 0.1) is 19.3 Å². The fourth-order valence-corrected chi connectivity index (χ4v) is 3.67. The molecule has 3 aromatic rings. The molecule has 0 radical (unpaired) electrons. The molecule has 9 nitrogen and oxygen atoms in total. The van der Waals surface area contributed by atoms with Crippen molar-refractivity contribution >= 4 is 17.6 Å². The summed E-state index contributed by atoms with van der Waals surface area (Å²) in [4.78, 5) is 17.4. The van der Waals surface area contributed by atoms with Gasteiger partial charge in [-0.25, -0.2) is 23.4 Å². The van der Waals surface area contributed by atoms with Crippen LogP contribution < -0.4 is 10.2 Å². The molecule has 11 heteroatoms. The number of ether oxygens (including phenoxy) is 1. The first kappa shape index (κ1) is 19.8. The zero-order valence-corrected chi connectivity index (χ0v) is 16.7. The van der Waals surface area contributed by atoms with Crippen LogP contribution in [0.25, 0.3) is 5.82 Å². The van der Waals surface area contributed by atoms with Crippen LogP contribution in [0.2, 0.25) is 0 Å². The average molecular weight is 428 g/mol. The zero-order chi connectivity index (χ0) is 21.2. The second-order valence-electron chi connectivity index (χ2n) is 7.48. The van der Waals surface area contributed by atoms with E-state index in [0.717, 1.165) is 39.4 Å². The fourth-order valence-electron chi connectivity index (χ4n) is 3.67. The molecule has 5 heterocycles. The first-order valence-electron chi connectivity index (χ1n) is 10.1. The summed E-state index contributed by atoms with van der Waals surface area (Å²) in [5, 5.41) is 7.26. The lowest BCUT2D eigenvalue weighted by atomic mass is 10.1. The Bertz CT molecular complexity index is 1020. The van der Waals surface area contributed by atoms with Crippen LogP contribution in [0.1, 0.15) is 12.0 Å². The lowest BCUT2D eigenvalue weighted by Crippen LogP contribution is -2.56. The topological polar surface area (TPSA) is 84.2 Å². The molecular formula is C20H22F2N8O. The molecule has 162 valence electrons. The Morgan fingerprint density at radius 1 is 1.03 bits per heavy atom. The minimum Gasteiger partial charge on any atom is -0.378 e. The Hall–Kier alpha value is -3.18. The highest BCUT2D eigenvalue weighted by Gasteiger charge is 2.29. The van der Waals surface area contributed by atoms with Gasteiger partial charge in [-0.1, -0.05) is 6.07 Å². The van der Waals surface area contributed by atoms with Gasteiger partial charge < -0.3 is 15.0 Å². The molecule has 0 aromatic carbocycles. The summed E-state index contributed by atoms with van der Waals surface area (Å²) >= 11 is 0. The van der Waals surface area contributed by atoms with E-state index in [0.29, 0.717) is 17.7 Å². The third kappa shape index (κ3) is 4.32. The Labute approximate surface area is 177 Å². The largest absolute Gasteiger partial charge is 0.378 e. The van der Waals surface area contributed by atoms with E-state index in [1.165, 1.54) is 23.1 Å². The molecule has 0 bridgehead atoms. The minimum absolute atomic E-state index is 0.0912. The molecule has 2 aliphatic rings. The number of pyridine rings is 2. The summed E-state index contributed by atoms with van der Waals surface area (Å²) in [6.45, 7) is 4.70. The van der Waals surface area contributed by atoms with Gasteiger partial charge in [-0.15, -0.1) is 5.10 Å². The second-order valence-corrected chi connectivity index (χ2v) is 7.48. The van der Waals surface area contributed by atoms with Gasteiger partial charge in [-0.2, -0.15) is 4.98 Å². The van der Waals surface area contributed by atoms with Crippen LogP contribution in [0, 0.1) is 0 Å². The summed E-state index contributed by atoms with van der Waals surface area (Å²) in [6, 6.07) is 8.70. The van der Waals surface area contributed by atoms with Gasteiger partial charge in [0, 0.05) is 37.9 Å². The van der Waals surface area contributed by atoms with Crippen molar-refractivity contribution in [1.29, 1.82) is 0 Å². The van der Waals surface area contributed by atoms with Crippen LogP contribution in [0.3, 0.4) is 0 Å². The monoisotopic (exact) mass is 428 g/mol. The first-order valence-corrected chi connectivity index (χ1v) is 10.1. The lowest BCUT2D eigenvalue weighted by Gasteiger charge is -2.42. The molecule has 5 rings (SSSR count). The highest BCUT2D eigenvalue weighted by Crippen LogP contribution is 2.28. The van der Waals surface area contributed by atoms with Gasteiger partial charge in [-0.3, -0.25) is 4.90 Å². The number of rotatable bonds is 6. The van der Waals surface area contributed by atoms with Gasteiger partial charge >= 0.3 is 0 Å². The first-order chi connectivity index (χ1) is 15.2. The van der Waals surface area contributed by atoms with Crippen LogP contribution in [-0.2, 0) is 4.74 Å². The number of piperazine rings is 1. The van der Waals surface area contributed by atoms with E-state index in [9.17, 15) is 8.78 Å². The fraction of sp³-hybridized carbons (Fsp3) is 0.400. The molecule has 0 amide bonds. The SMILES string of the molecule is FC(F)c1cc(Nc2ncn(-c3ccccn3)n2)nc(N2CCN(C3COC3)CC2)c1. The van der Waals surface area contributed by atoms with Crippen molar-refractivity contribution in [2.75, 3.05) is 49.6 Å². The maximum absolute atomic E-state index is 13.5. The van der Waals surface area contributed by atoms with Crippen molar-refractivity contribution in [3.8, 4) is 5.82 Å². The normalized spacial score (nSPS) is 17.7. The van der Waals surface area contributed by atoms with Gasteiger partial charge in [0.2, 0.25) is 5.95 Å². The Morgan fingerprint density at radius 2 is 1.87 bits per heavy atom. The van der Waals surface area contributed by atoms with Crippen molar-refractivity contribution in [3.63, 3.8) is 0 Å². The molecule has 0 spiro atoms. The predicted octanol–water partition coefficient (Wildman–Crippen LogP) is 2.26. The van der Waals surface area contributed by atoms with E-state index >= 15 is 0 Å². The molecule has 0 aliphatic carbocycles. The van der Waals surface area contributed by atoms with Crippen molar-refractivity contribution in [1.82, 2.24) is 29.6 Å². The summed E-state index contributed by atoms with van der Waals surface area (Å²) in [7, 11) is 0. The Balaban J connectivity index is 1.33. The standard InChI is InChI=1S/C20H22F2N8O/c21-19(22)14-9-16(26-20-24-13-30(27-20)17-3-1-2-4-23-17)25-18(10-14)29-7-5-28(6-8-29)15-11-31-12-15/h1-4,9-10,13,15,19H,5-8,11-12H2,(H,25,26,27). The Morgan fingerprint density at radius 3 is 2.55 bits per heavy atom. The number of hydrogen-bond donors (Lipinski definition) is 1. The summed E-state index contributed by atoms with van der Waals surface area (Å²) in [5.41, 5.74) is -0.0912. The molecule has 0 saturated carbocycles. The second kappa shape index (κ2) is 8.52. The van der Waals surface area contributed by atoms with Crippen LogP contribution in [0.5, 0.6) is 0 Å². The number of halogens is 2. The van der Waals surface area contributed by atoms with Crippen LogP contribution in [-0.4, -0.2) is 75.1 Å². The zero-order valence-electron chi connectivity index (χ0n) is 16.7. The maximum Gasteiger partial charge on any atom is 0.264 e. The molecule has 0 atom stereocenters. The van der Waals surface area contributed by atoms with Crippen molar-refractivity contribution in [2.24, 2.45) is 0 Å². The average Bonchev–Trinajstić information content (AvgIpc) is 3.22. The summed E-state index contributed by atoms with van der Waals surface area (Å²) < 4.78 is 33.9. The van der Waals surface area contributed by atoms with E-state index in [1.54, 1.807) is 18.3 Å². The van der Waals surface area contributed by atoms with Crippen molar-refractivity contribution in [3.05, 3.63) is 48.4 Å². The molecule has 31 heavy (non-hydrogen) atoms. The number of hydrogen-bond acceptors (Lipinski definition) is 8. The van der Waals surface area contributed by atoms with Crippen LogP contribution in [0.15, 0.2) is 42.9 Å². The number of anilines is 3. The molecule has 1 N–H and O–H groups in total. The number of nitrogens with zero attached hydrogens (tertiary/aromatic N) is 7.